The van der Waals surface area contributed by atoms with Crippen molar-refractivity contribution in [3.63, 3.8) is 0 Å². The summed E-state index contributed by atoms with van der Waals surface area (Å²) < 4.78 is 0. The highest BCUT2D eigenvalue weighted by Crippen LogP contribution is 2.04. The molecule has 0 aliphatic heterocycles. The second-order valence-electron chi connectivity index (χ2n) is 5.53. The van der Waals surface area contributed by atoms with Crippen molar-refractivity contribution in [2.24, 2.45) is 0 Å². The summed E-state index contributed by atoms with van der Waals surface area (Å²) >= 11 is 0. The lowest BCUT2D eigenvalue weighted by Gasteiger charge is -2.20. The van der Waals surface area contributed by atoms with Gasteiger partial charge in [-0.25, -0.2) is 0 Å². The maximum atomic E-state index is 11.8. The van der Waals surface area contributed by atoms with Crippen molar-refractivity contribution in [3.05, 3.63) is 35.4 Å². The van der Waals surface area contributed by atoms with Crippen molar-refractivity contribution in [2.45, 2.75) is 39.7 Å². The van der Waals surface area contributed by atoms with Crippen LogP contribution in [0, 0.1) is 0 Å². The minimum absolute atomic E-state index is 0.00830. The summed E-state index contributed by atoms with van der Waals surface area (Å²) in [6, 6.07) is 7.39. The van der Waals surface area contributed by atoms with Crippen LogP contribution in [0.3, 0.4) is 0 Å². The predicted octanol–water partition coefficient (Wildman–Crippen LogP) is 1.89. The van der Waals surface area contributed by atoms with Crippen molar-refractivity contribution >= 4 is 11.8 Å². The van der Waals surface area contributed by atoms with Gasteiger partial charge in [-0.3, -0.25) is 9.59 Å². The standard InChI is InChI=1S/C15H22N2O2/c1-5-11-6-8-12(9-7-11)14(19)16-10-13(18)17-15(2,3)4/h6-9H,5,10H2,1-4H3,(H,16,19)(H,17,18). The summed E-state index contributed by atoms with van der Waals surface area (Å²) in [5, 5.41) is 5.40. The first kappa shape index (κ1) is 15.2. The molecule has 1 aromatic rings. The molecule has 0 unspecified atom stereocenters. The number of hydrogen-bond acceptors (Lipinski definition) is 2. The van der Waals surface area contributed by atoms with Crippen LogP contribution in [0.2, 0.25) is 0 Å². The van der Waals surface area contributed by atoms with Gasteiger partial charge in [0.25, 0.3) is 5.91 Å². The Morgan fingerprint density at radius 1 is 1.11 bits per heavy atom. The molecule has 4 heteroatoms. The number of benzene rings is 1. The zero-order valence-corrected chi connectivity index (χ0v) is 12.0. The number of amides is 2. The lowest BCUT2D eigenvalue weighted by atomic mass is 10.1. The van der Waals surface area contributed by atoms with Gasteiger partial charge in [-0.1, -0.05) is 19.1 Å². The van der Waals surface area contributed by atoms with Gasteiger partial charge >= 0.3 is 0 Å². The van der Waals surface area contributed by atoms with Gasteiger partial charge in [0.2, 0.25) is 5.91 Å². The molecule has 1 rings (SSSR count). The molecule has 0 atom stereocenters. The minimum atomic E-state index is -0.287. The van der Waals surface area contributed by atoms with Gasteiger partial charge in [0.1, 0.15) is 0 Å². The molecule has 2 amide bonds. The van der Waals surface area contributed by atoms with Gasteiger partial charge in [0, 0.05) is 11.1 Å². The summed E-state index contributed by atoms with van der Waals surface area (Å²) in [6.45, 7) is 7.75. The summed E-state index contributed by atoms with van der Waals surface area (Å²) in [6.07, 6.45) is 0.940. The zero-order chi connectivity index (χ0) is 14.5. The molecule has 0 fully saturated rings. The van der Waals surface area contributed by atoms with Crippen LogP contribution >= 0.6 is 0 Å². The van der Waals surface area contributed by atoms with Crippen molar-refractivity contribution in [1.82, 2.24) is 10.6 Å². The van der Waals surface area contributed by atoms with Crippen LogP contribution < -0.4 is 10.6 Å². The Morgan fingerprint density at radius 3 is 2.16 bits per heavy atom. The fraction of sp³-hybridized carbons (Fsp3) is 0.467. The number of rotatable bonds is 4. The summed E-state index contributed by atoms with van der Waals surface area (Å²) in [7, 11) is 0. The number of hydrogen-bond donors (Lipinski definition) is 2. The third-order valence-corrected chi connectivity index (χ3v) is 2.55. The quantitative estimate of drug-likeness (QED) is 0.870. The Labute approximate surface area is 114 Å². The summed E-state index contributed by atoms with van der Waals surface area (Å²) in [4.78, 5) is 23.4. The molecular weight excluding hydrogens is 240 g/mol. The lowest BCUT2D eigenvalue weighted by Crippen LogP contribution is -2.45. The first-order chi connectivity index (χ1) is 8.81. The first-order valence-corrected chi connectivity index (χ1v) is 6.50. The average Bonchev–Trinajstić information content (AvgIpc) is 2.34. The first-order valence-electron chi connectivity index (χ1n) is 6.50. The predicted molar refractivity (Wildman–Crippen MR) is 76.0 cm³/mol. The minimum Gasteiger partial charge on any atom is -0.350 e. The van der Waals surface area contributed by atoms with Crippen molar-refractivity contribution in [3.8, 4) is 0 Å². The van der Waals surface area contributed by atoms with Gasteiger partial charge in [-0.2, -0.15) is 0 Å². The molecular formula is C15H22N2O2. The lowest BCUT2D eigenvalue weighted by molar-refractivity contribution is -0.121. The molecule has 0 saturated heterocycles. The van der Waals surface area contributed by atoms with Gasteiger partial charge in [0.15, 0.2) is 0 Å². The fourth-order valence-electron chi connectivity index (χ4n) is 1.62. The summed E-state index contributed by atoms with van der Waals surface area (Å²) in [5.74, 6) is -0.419. The molecule has 4 nitrogen and oxygen atoms in total. The van der Waals surface area contributed by atoms with Crippen LogP contribution in [0.15, 0.2) is 24.3 Å². The highest BCUT2D eigenvalue weighted by Gasteiger charge is 2.14. The SMILES string of the molecule is CCc1ccc(C(=O)NCC(=O)NC(C)(C)C)cc1. The van der Waals surface area contributed by atoms with Crippen molar-refractivity contribution < 1.29 is 9.59 Å². The van der Waals surface area contributed by atoms with Gasteiger partial charge in [-0.05, 0) is 44.9 Å². The van der Waals surface area contributed by atoms with E-state index in [0.717, 1.165) is 6.42 Å². The highest BCUT2D eigenvalue weighted by atomic mass is 16.2. The van der Waals surface area contributed by atoms with Crippen molar-refractivity contribution in [1.29, 1.82) is 0 Å². The van der Waals surface area contributed by atoms with E-state index in [9.17, 15) is 9.59 Å². The third-order valence-electron chi connectivity index (χ3n) is 2.55. The Kier molecular flexibility index (Phi) is 5.10. The molecule has 0 aromatic heterocycles. The van der Waals surface area contributed by atoms with Crippen LogP contribution in [0.1, 0.15) is 43.6 Å². The topological polar surface area (TPSA) is 58.2 Å². The molecule has 1 aromatic carbocycles. The van der Waals surface area contributed by atoms with Gasteiger partial charge in [-0.15, -0.1) is 0 Å². The molecule has 0 spiro atoms. The van der Waals surface area contributed by atoms with Crippen LogP contribution in [0.4, 0.5) is 0 Å². The van der Waals surface area contributed by atoms with Crippen LogP contribution in [-0.4, -0.2) is 23.9 Å². The smallest absolute Gasteiger partial charge is 0.251 e. The molecule has 0 saturated carbocycles. The van der Waals surface area contributed by atoms with E-state index in [-0.39, 0.29) is 23.9 Å². The van der Waals surface area contributed by atoms with Gasteiger partial charge in [0.05, 0.1) is 6.54 Å². The Balaban J connectivity index is 2.49. The maximum absolute atomic E-state index is 11.8. The molecule has 0 aliphatic rings. The number of carbonyl (C=O) groups is 2. The fourth-order valence-corrected chi connectivity index (χ4v) is 1.62. The van der Waals surface area contributed by atoms with Crippen LogP contribution in [-0.2, 0) is 11.2 Å². The Morgan fingerprint density at radius 2 is 1.68 bits per heavy atom. The Hall–Kier alpha value is -1.84. The number of carbonyl (C=O) groups excluding carboxylic acids is 2. The number of aryl methyl sites for hydroxylation is 1. The molecule has 104 valence electrons. The zero-order valence-electron chi connectivity index (χ0n) is 12.0. The Bertz CT molecular complexity index is 444. The second-order valence-corrected chi connectivity index (χ2v) is 5.53. The molecule has 0 heterocycles. The second kappa shape index (κ2) is 6.36. The maximum Gasteiger partial charge on any atom is 0.251 e. The normalized spacial score (nSPS) is 10.9. The molecule has 0 bridgehead atoms. The van der Waals surface area contributed by atoms with Crippen molar-refractivity contribution in [2.75, 3.05) is 6.54 Å². The third kappa shape index (κ3) is 5.55. The molecule has 0 aliphatic carbocycles. The van der Waals surface area contributed by atoms with E-state index in [1.54, 1.807) is 12.1 Å². The molecule has 19 heavy (non-hydrogen) atoms. The number of nitrogens with one attached hydrogen (secondary N) is 2. The van der Waals surface area contributed by atoms with E-state index in [4.69, 9.17) is 0 Å². The van der Waals surface area contributed by atoms with E-state index in [0.29, 0.717) is 5.56 Å². The summed E-state index contributed by atoms with van der Waals surface area (Å²) in [5.41, 5.74) is 1.47. The van der Waals surface area contributed by atoms with Crippen LogP contribution in [0.25, 0.3) is 0 Å². The van der Waals surface area contributed by atoms with E-state index in [2.05, 4.69) is 17.6 Å². The largest absolute Gasteiger partial charge is 0.350 e. The van der Waals surface area contributed by atoms with E-state index in [1.807, 2.05) is 32.9 Å². The molecule has 0 radical (unpaired) electrons. The molecule has 2 N–H and O–H groups in total. The highest BCUT2D eigenvalue weighted by molar-refractivity contribution is 5.96. The monoisotopic (exact) mass is 262 g/mol. The van der Waals surface area contributed by atoms with E-state index in [1.165, 1.54) is 5.56 Å². The van der Waals surface area contributed by atoms with Crippen LogP contribution in [0.5, 0.6) is 0 Å². The van der Waals surface area contributed by atoms with E-state index >= 15 is 0 Å². The average molecular weight is 262 g/mol. The van der Waals surface area contributed by atoms with Gasteiger partial charge < -0.3 is 10.6 Å². The van der Waals surface area contributed by atoms with E-state index < -0.39 is 0 Å².